The molecule has 1 heteroatoms. The van der Waals surface area contributed by atoms with Crippen LogP contribution in [0.2, 0.25) is 0 Å². The van der Waals surface area contributed by atoms with Gasteiger partial charge in [0.2, 0.25) is 0 Å². The first-order valence-electron chi connectivity index (χ1n) is 8.06. The van der Waals surface area contributed by atoms with Gasteiger partial charge < -0.3 is 0 Å². The van der Waals surface area contributed by atoms with Crippen LogP contribution in [0.3, 0.4) is 0 Å². The topological polar surface area (TPSA) is 0 Å². The van der Waals surface area contributed by atoms with Gasteiger partial charge in [-0.3, -0.25) is 0 Å². The summed E-state index contributed by atoms with van der Waals surface area (Å²) in [6.07, 6.45) is 1.00. The first kappa shape index (κ1) is 13.2. The lowest BCUT2D eigenvalue weighted by molar-refractivity contribution is 1.19. The molecule has 0 N–H and O–H groups in total. The third kappa shape index (κ3) is 1.74. The van der Waals surface area contributed by atoms with Crippen molar-refractivity contribution in [2.24, 2.45) is 0 Å². The summed E-state index contributed by atoms with van der Waals surface area (Å²) in [5, 5.41) is 11.0. The number of fused-ring (bicyclic) bond motifs is 2. The third-order valence-corrected chi connectivity index (χ3v) is 5.20. The molecule has 0 atom stereocenters. The van der Waals surface area contributed by atoms with Gasteiger partial charge in [0.25, 0.3) is 0 Å². The van der Waals surface area contributed by atoms with Crippen molar-refractivity contribution in [3.8, 4) is 0 Å². The minimum atomic E-state index is 0.873. The molecular formula is C22H16S. The highest BCUT2D eigenvalue weighted by Gasteiger charge is 2.14. The van der Waals surface area contributed by atoms with Crippen molar-refractivity contribution in [1.29, 1.82) is 0 Å². The molecule has 0 unspecified atom stereocenters. The molecule has 0 amide bonds. The van der Waals surface area contributed by atoms with Gasteiger partial charge in [-0.25, -0.2) is 0 Å². The Morgan fingerprint density at radius 2 is 1.17 bits per heavy atom. The van der Waals surface area contributed by atoms with Crippen molar-refractivity contribution >= 4 is 55.7 Å². The zero-order valence-electron chi connectivity index (χ0n) is 12.7. The maximum atomic E-state index is 4.47. The maximum absolute atomic E-state index is 4.47. The summed E-state index contributed by atoms with van der Waals surface area (Å²) in [6.45, 7) is 0. The largest absolute Gasteiger partial charge is 0.179 e. The average Bonchev–Trinajstić information content (AvgIpc) is 2.60. The van der Waals surface area contributed by atoms with E-state index in [9.17, 15) is 0 Å². The molecule has 5 rings (SSSR count). The highest BCUT2D eigenvalue weighted by atomic mass is 32.1. The molecule has 0 saturated heterocycles. The highest BCUT2D eigenvalue weighted by molar-refractivity contribution is 7.80. The fraction of sp³-hybridized carbons (Fsp3) is 0.0909. The van der Waals surface area contributed by atoms with Crippen LogP contribution >= 0.6 is 12.6 Å². The van der Waals surface area contributed by atoms with E-state index in [1.165, 1.54) is 48.7 Å². The standard InChI is InChI=1S/C22H16S/c23-13-12-16-11-10-15-6-2-8-18-17-7-1-4-14-5-3-9-19(20(14)17)22(16)21(15)18/h1-11,23H,12-13H2. The molecule has 5 aromatic carbocycles. The summed E-state index contributed by atoms with van der Waals surface area (Å²) in [6, 6.07) is 24.5. The van der Waals surface area contributed by atoms with E-state index < -0.39 is 0 Å². The normalized spacial score (nSPS) is 12.0. The molecule has 23 heavy (non-hydrogen) atoms. The van der Waals surface area contributed by atoms with Crippen LogP contribution < -0.4 is 0 Å². The van der Waals surface area contributed by atoms with Gasteiger partial charge >= 0.3 is 0 Å². The second-order valence-corrected chi connectivity index (χ2v) is 6.63. The Kier molecular flexibility index (Phi) is 2.80. The zero-order valence-corrected chi connectivity index (χ0v) is 13.6. The van der Waals surface area contributed by atoms with Crippen molar-refractivity contribution in [3.05, 3.63) is 72.3 Å². The summed E-state index contributed by atoms with van der Waals surface area (Å²) in [5.74, 6) is 0.873. The molecule has 0 heterocycles. The van der Waals surface area contributed by atoms with E-state index >= 15 is 0 Å². The number of aryl methyl sites for hydroxylation is 1. The molecule has 0 saturated carbocycles. The molecular weight excluding hydrogens is 296 g/mol. The second-order valence-electron chi connectivity index (χ2n) is 6.19. The summed E-state index contributed by atoms with van der Waals surface area (Å²) in [4.78, 5) is 0. The lowest BCUT2D eigenvalue weighted by atomic mass is 9.87. The first-order valence-corrected chi connectivity index (χ1v) is 8.69. The molecule has 0 bridgehead atoms. The number of thiol groups is 1. The molecule has 0 nitrogen and oxygen atoms in total. The summed E-state index contributed by atoms with van der Waals surface area (Å²) >= 11 is 4.47. The molecule has 0 radical (unpaired) electrons. The van der Waals surface area contributed by atoms with E-state index in [0.29, 0.717) is 0 Å². The fourth-order valence-corrected chi connectivity index (χ4v) is 4.30. The van der Waals surface area contributed by atoms with Crippen molar-refractivity contribution in [2.45, 2.75) is 6.42 Å². The second kappa shape index (κ2) is 4.87. The van der Waals surface area contributed by atoms with Crippen LogP contribution in [0.4, 0.5) is 0 Å². The Balaban J connectivity index is 2.20. The predicted molar refractivity (Wildman–Crippen MR) is 105 cm³/mol. The average molecular weight is 312 g/mol. The number of rotatable bonds is 2. The van der Waals surface area contributed by atoms with E-state index in [0.717, 1.165) is 12.2 Å². The minimum absolute atomic E-state index is 0.873. The molecule has 0 aliphatic carbocycles. The van der Waals surface area contributed by atoms with Crippen molar-refractivity contribution in [2.75, 3.05) is 5.75 Å². The molecule has 0 fully saturated rings. The van der Waals surface area contributed by atoms with Crippen LogP contribution in [0.15, 0.2) is 66.7 Å². The third-order valence-electron chi connectivity index (χ3n) is 4.98. The number of hydrogen-bond donors (Lipinski definition) is 1. The van der Waals surface area contributed by atoms with Gasteiger partial charge in [0.05, 0.1) is 0 Å². The van der Waals surface area contributed by atoms with Crippen molar-refractivity contribution in [1.82, 2.24) is 0 Å². The Bertz CT molecular complexity index is 1170. The van der Waals surface area contributed by atoms with Gasteiger partial charge in [0.15, 0.2) is 0 Å². The SMILES string of the molecule is SCCc1ccc2cccc3c4cccc5cccc(c1c23)c54. The number of hydrogen-bond acceptors (Lipinski definition) is 1. The van der Waals surface area contributed by atoms with Gasteiger partial charge in [-0.15, -0.1) is 0 Å². The van der Waals surface area contributed by atoms with Gasteiger partial charge in [-0.2, -0.15) is 12.6 Å². The van der Waals surface area contributed by atoms with Crippen molar-refractivity contribution in [3.63, 3.8) is 0 Å². The van der Waals surface area contributed by atoms with Gasteiger partial charge in [-0.05, 0) is 60.8 Å². The molecule has 5 aromatic rings. The van der Waals surface area contributed by atoms with Gasteiger partial charge in [-0.1, -0.05) is 66.7 Å². The van der Waals surface area contributed by atoms with Crippen LogP contribution in [0.25, 0.3) is 43.1 Å². The minimum Gasteiger partial charge on any atom is -0.179 e. The van der Waals surface area contributed by atoms with E-state index in [4.69, 9.17) is 0 Å². The summed E-state index contributed by atoms with van der Waals surface area (Å²) in [5.41, 5.74) is 1.40. The lowest BCUT2D eigenvalue weighted by Crippen LogP contribution is -1.93. The highest BCUT2D eigenvalue weighted by Crippen LogP contribution is 2.41. The van der Waals surface area contributed by atoms with Crippen LogP contribution in [-0.4, -0.2) is 5.75 Å². The van der Waals surface area contributed by atoms with E-state index in [2.05, 4.69) is 79.4 Å². The summed E-state index contributed by atoms with van der Waals surface area (Å²) in [7, 11) is 0. The number of benzene rings is 5. The molecule has 110 valence electrons. The van der Waals surface area contributed by atoms with Crippen LogP contribution in [0.1, 0.15) is 5.56 Å². The monoisotopic (exact) mass is 312 g/mol. The van der Waals surface area contributed by atoms with Gasteiger partial charge in [0, 0.05) is 0 Å². The maximum Gasteiger partial charge on any atom is -0.00236 e. The van der Waals surface area contributed by atoms with Crippen LogP contribution in [0, 0.1) is 0 Å². The Hall–Kier alpha value is -2.25. The molecule has 0 aliphatic heterocycles. The lowest BCUT2D eigenvalue weighted by Gasteiger charge is -2.16. The Labute approximate surface area is 140 Å². The fourth-order valence-electron chi connectivity index (χ4n) is 4.06. The molecule has 0 aromatic heterocycles. The van der Waals surface area contributed by atoms with Crippen molar-refractivity contribution < 1.29 is 0 Å². The first-order chi connectivity index (χ1) is 11.4. The molecule has 0 spiro atoms. The van der Waals surface area contributed by atoms with E-state index in [1.807, 2.05) is 0 Å². The van der Waals surface area contributed by atoms with E-state index in [1.54, 1.807) is 0 Å². The quantitative estimate of drug-likeness (QED) is 0.224. The van der Waals surface area contributed by atoms with E-state index in [-0.39, 0.29) is 0 Å². The predicted octanol–water partition coefficient (Wildman–Crippen LogP) is 6.21. The Morgan fingerprint density at radius 1 is 0.565 bits per heavy atom. The van der Waals surface area contributed by atoms with Crippen LogP contribution in [0.5, 0.6) is 0 Å². The summed E-state index contributed by atoms with van der Waals surface area (Å²) < 4.78 is 0. The Morgan fingerprint density at radius 3 is 1.87 bits per heavy atom. The zero-order chi connectivity index (χ0) is 15.4. The molecule has 0 aliphatic rings. The smallest absolute Gasteiger partial charge is 0.00236 e. The van der Waals surface area contributed by atoms with Crippen LogP contribution in [-0.2, 0) is 6.42 Å². The van der Waals surface area contributed by atoms with Gasteiger partial charge in [0.1, 0.15) is 0 Å².